The zero-order valence-electron chi connectivity index (χ0n) is 11.6. The summed E-state index contributed by atoms with van der Waals surface area (Å²) in [6, 6.07) is 5.87. The van der Waals surface area contributed by atoms with Crippen LogP contribution in [-0.4, -0.2) is 23.2 Å². The van der Waals surface area contributed by atoms with Crippen LogP contribution in [0.2, 0.25) is 0 Å². The first kappa shape index (κ1) is 14.7. The van der Waals surface area contributed by atoms with E-state index >= 15 is 0 Å². The van der Waals surface area contributed by atoms with E-state index in [0.29, 0.717) is 0 Å². The Kier molecular flexibility index (Phi) is 4.90. The lowest BCUT2D eigenvalue weighted by molar-refractivity contribution is -0.118. The summed E-state index contributed by atoms with van der Waals surface area (Å²) in [4.78, 5) is 11.9. The summed E-state index contributed by atoms with van der Waals surface area (Å²) in [5.74, 6) is -0.505. The van der Waals surface area contributed by atoms with Crippen LogP contribution in [-0.2, 0) is 4.79 Å². The van der Waals surface area contributed by atoms with Gasteiger partial charge in [0.05, 0.1) is 12.1 Å². The van der Waals surface area contributed by atoms with Crippen LogP contribution in [0, 0.1) is 5.82 Å². The molecular formula is C16H20FNO2. The van der Waals surface area contributed by atoms with Gasteiger partial charge in [-0.3, -0.25) is 4.79 Å². The first-order valence-corrected chi connectivity index (χ1v) is 6.99. The van der Waals surface area contributed by atoms with E-state index in [1.165, 1.54) is 18.2 Å². The van der Waals surface area contributed by atoms with Crippen LogP contribution >= 0.6 is 0 Å². The average molecular weight is 277 g/mol. The molecule has 3 nitrogen and oxygen atoms in total. The minimum Gasteiger partial charge on any atom is -0.391 e. The van der Waals surface area contributed by atoms with Crippen LogP contribution in [0.4, 0.5) is 4.39 Å². The quantitative estimate of drug-likeness (QED) is 0.834. The van der Waals surface area contributed by atoms with Crippen molar-refractivity contribution in [3.63, 3.8) is 0 Å². The Morgan fingerprint density at radius 1 is 1.30 bits per heavy atom. The van der Waals surface area contributed by atoms with Gasteiger partial charge in [-0.2, -0.15) is 0 Å². The normalized spacial score (nSPS) is 23.4. The van der Waals surface area contributed by atoms with Gasteiger partial charge in [-0.25, -0.2) is 4.39 Å². The number of aliphatic hydroxyl groups excluding tert-OH is 1. The van der Waals surface area contributed by atoms with Gasteiger partial charge in [-0.1, -0.05) is 25.0 Å². The van der Waals surface area contributed by atoms with Crippen molar-refractivity contribution in [2.45, 2.75) is 44.8 Å². The van der Waals surface area contributed by atoms with E-state index in [9.17, 15) is 14.3 Å². The maximum Gasteiger partial charge on any atom is 0.244 e. The number of carbonyl (C=O) groups is 1. The van der Waals surface area contributed by atoms with Gasteiger partial charge < -0.3 is 10.4 Å². The van der Waals surface area contributed by atoms with Crippen molar-refractivity contribution in [1.29, 1.82) is 0 Å². The summed E-state index contributed by atoms with van der Waals surface area (Å²) in [5.41, 5.74) is 1.58. The number of amides is 1. The van der Waals surface area contributed by atoms with Crippen LogP contribution in [0.25, 0.3) is 5.57 Å². The fourth-order valence-electron chi connectivity index (χ4n) is 2.50. The maximum atomic E-state index is 12.8. The van der Waals surface area contributed by atoms with Gasteiger partial charge >= 0.3 is 0 Å². The molecule has 2 atom stereocenters. The van der Waals surface area contributed by atoms with Crippen molar-refractivity contribution in [3.8, 4) is 0 Å². The second-order valence-electron chi connectivity index (χ2n) is 5.30. The van der Waals surface area contributed by atoms with Crippen LogP contribution in [0.5, 0.6) is 0 Å². The van der Waals surface area contributed by atoms with Crippen LogP contribution < -0.4 is 5.32 Å². The zero-order chi connectivity index (χ0) is 14.5. The lowest BCUT2D eigenvalue weighted by atomic mass is 9.92. The summed E-state index contributed by atoms with van der Waals surface area (Å²) in [6.45, 7) is 1.81. The Balaban J connectivity index is 1.98. The molecule has 2 rings (SSSR count). The van der Waals surface area contributed by atoms with Gasteiger partial charge in [0.2, 0.25) is 5.91 Å². The van der Waals surface area contributed by atoms with E-state index in [4.69, 9.17) is 0 Å². The Morgan fingerprint density at radius 3 is 2.60 bits per heavy atom. The standard InChI is InChI=1S/C16H20FNO2/c1-11(12-6-8-13(17)9-7-12)10-16(20)18-14-4-2-3-5-15(14)19/h6-10,14-15,19H,2-5H2,1H3,(H,18,20)/b11-10-. The van der Waals surface area contributed by atoms with Crippen molar-refractivity contribution in [3.05, 3.63) is 41.7 Å². The van der Waals surface area contributed by atoms with Gasteiger partial charge in [0.1, 0.15) is 5.82 Å². The Labute approximate surface area is 118 Å². The average Bonchev–Trinajstić information content (AvgIpc) is 2.42. The minimum absolute atomic E-state index is 0.159. The molecule has 20 heavy (non-hydrogen) atoms. The Bertz CT molecular complexity index is 496. The fourth-order valence-corrected chi connectivity index (χ4v) is 2.50. The zero-order valence-corrected chi connectivity index (χ0v) is 11.6. The van der Waals surface area contributed by atoms with E-state index in [0.717, 1.165) is 36.8 Å². The number of halogens is 1. The molecule has 4 heteroatoms. The molecule has 0 saturated heterocycles. The molecule has 2 unspecified atom stereocenters. The smallest absolute Gasteiger partial charge is 0.244 e. The lowest BCUT2D eigenvalue weighted by Crippen LogP contribution is -2.44. The van der Waals surface area contributed by atoms with E-state index in [2.05, 4.69) is 5.32 Å². The summed E-state index contributed by atoms with van der Waals surface area (Å²) >= 11 is 0. The predicted molar refractivity (Wildman–Crippen MR) is 76.5 cm³/mol. The first-order valence-electron chi connectivity index (χ1n) is 6.99. The molecular weight excluding hydrogens is 257 g/mol. The van der Waals surface area contributed by atoms with E-state index in [-0.39, 0.29) is 17.8 Å². The maximum absolute atomic E-state index is 12.8. The van der Waals surface area contributed by atoms with E-state index < -0.39 is 6.10 Å². The van der Waals surface area contributed by atoms with E-state index in [1.54, 1.807) is 12.1 Å². The van der Waals surface area contributed by atoms with Crippen molar-refractivity contribution in [2.24, 2.45) is 0 Å². The molecule has 1 amide bonds. The van der Waals surface area contributed by atoms with Gasteiger partial charge in [-0.15, -0.1) is 0 Å². The molecule has 1 aromatic rings. The van der Waals surface area contributed by atoms with Gasteiger partial charge in [0.15, 0.2) is 0 Å². The molecule has 0 aromatic heterocycles. The van der Waals surface area contributed by atoms with Crippen molar-refractivity contribution in [1.82, 2.24) is 5.32 Å². The number of aliphatic hydroxyl groups is 1. The summed E-state index contributed by atoms with van der Waals surface area (Å²) < 4.78 is 12.8. The van der Waals surface area contributed by atoms with Gasteiger partial charge in [0, 0.05) is 6.08 Å². The first-order chi connectivity index (χ1) is 9.56. The molecule has 1 fully saturated rings. The molecule has 1 aliphatic rings. The van der Waals surface area contributed by atoms with Crippen molar-refractivity contribution in [2.75, 3.05) is 0 Å². The molecule has 0 radical (unpaired) electrons. The number of allylic oxidation sites excluding steroid dienone is 1. The third kappa shape index (κ3) is 3.90. The van der Waals surface area contributed by atoms with Gasteiger partial charge in [0.25, 0.3) is 0 Å². The largest absolute Gasteiger partial charge is 0.391 e. The molecule has 0 spiro atoms. The second kappa shape index (κ2) is 6.66. The van der Waals surface area contributed by atoms with Crippen LogP contribution in [0.15, 0.2) is 30.3 Å². The van der Waals surface area contributed by atoms with Crippen LogP contribution in [0.3, 0.4) is 0 Å². The lowest BCUT2D eigenvalue weighted by Gasteiger charge is -2.27. The fraction of sp³-hybridized carbons (Fsp3) is 0.438. The van der Waals surface area contributed by atoms with Crippen molar-refractivity contribution >= 4 is 11.5 Å². The number of rotatable bonds is 3. The molecule has 0 aliphatic heterocycles. The third-order valence-electron chi connectivity index (χ3n) is 3.70. The summed E-state index contributed by atoms with van der Waals surface area (Å²) in [7, 11) is 0. The summed E-state index contributed by atoms with van der Waals surface area (Å²) in [6.07, 6.45) is 4.64. The highest BCUT2D eigenvalue weighted by Crippen LogP contribution is 2.19. The molecule has 1 aromatic carbocycles. The molecule has 0 bridgehead atoms. The van der Waals surface area contributed by atoms with E-state index in [1.807, 2.05) is 6.92 Å². The van der Waals surface area contributed by atoms with Crippen molar-refractivity contribution < 1.29 is 14.3 Å². The highest BCUT2D eigenvalue weighted by atomic mass is 19.1. The molecule has 108 valence electrons. The number of carbonyl (C=O) groups excluding carboxylic acids is 1. The Hall–Kier alpha value is -1.68. The highest BCUT2D eigenvalue weighted by molar-refractivity contribution is 5.95. The number of hydrogen-bond donors (Lipinski definition) is 2. The number of benzene rings is 1. The second-order valence-corrected chi connectivity index (χ2v) is 5.30. The monoisotopic (exact) mass is 277 g/mol. The molecule has 2 N–H and O–H groups in total. The SMILES string of the molecule is C/C(=C/C(=O)NC1CCCCC1O)c1ccc(F)cc1. The highest BCUT2D eigenvalue weighted by Gasteiger charge is 2.23. The summed E-state index contributed by atoms with van der Waals surface area (Å²) in [5, 5.41) is 12.7. The molecule has 1 aliphatic carbocycles. The molecule has 0 heterocycles. The minimum atomic E-state index is -0.452. The topological polar surface area (TPSA) is 49.3 Å². The molecule has 1 saturated carbocycles. The van der Waals surface area contributed by atoms with Gasteiger partial charge in [-0.05, 0) is 43.0 Å². The number of nitrogens with one attached hydrogen (secondary N) is 1. The van der Waals surface area contributed by atoms with Crippen LogP contribution in [0.1, 0.15) is 38.2 Å². The Morgan fingerprint density at radius 2 is 1.95 bits per heavy atom. The number of hydrogen-bond acceptors (Lipinski definition) is 2. The third-order valence-corrected chi connectivity index (χ3v) is 3.70. The predicted octanol–water partition coefficient (Wildman–Crippen LogP) is 2.65.